The maximum Gasteiger partial charge on any atom is 0.410 e. The van der Waals surface area contributed by atoms with E-state index in [1.54, 1.807) is 0 Å². The van der Waals surface area contributed by atoms with Crippen molar-refractivity contribution < 1.29 is 19.1 Å². The number of esters is 1. The average molecular weight is 314 g/mol. The third-order valence-electron chi connectivity index (χ3n) is 2.63. The zero-order chi connectivity index (χ0) is 15.7. The number of alkyl halides is 1. The van der Waals surface area contributed by atoms with Crippen LogP contribution in [-0.4, -0.2) is 23.7 Å². The standard InChI is InChI=1S/C15H20ClNO4/c1-3-7-13(18)21-15(2,11-16)17-14(19)20-10-12-8-5-4-6-9-12/h4-6,8-9H,3,7,10-11H2,1-2H3,(H,17,19)/t15-/m0/s1. The highest BCUT2D eigenvalue weighted by Gasteiger charge is 2.30. The number of benzene rings is 1. The van der Waals surface area contributed by atoms with E-state index in [1.807, 2.05) is 37.3 Å². The molecule has 0 bridgehead atoms. The second-order valence-electron chi connectivity index (χ2n) is 4.78. The average Bonchev–Trinajstić information content (AvgIpc) is 2.46. The van der Waals surface area contributed by atoms with Gasteiger partial charge in [-0.05, 0) is 18.9 Å². The first-order chi connectivity index (χ1) is 9.99. The maximum atomic E-state index is 11.7. The van der Waals surface area contributed by atoms with Gasteiger partial charge in [0.25, 0.3) is 0 Å². The molecule has 1 rings (SSSR count). The molecule has 0 radical (unpaired) electrons. The van der Waals surface area contributed by atoms with E-state index >= 15 is 0 Å². The Morgan fingerprint density at radius 2 is 1.95 bits per heavy atom. The van der Waals surface area contributed by atoms with Gasteiger partial charge in [0.2, 0.25) is 0 Å². The number of halogens is 1. The number of hydrogen-bond donors (Lipinski definition) is 1. The number of carbonyl (C=O) groups is 2. The van der Waals surface area contributed by atoms with E-state index in [2.05, 4.69) is 5.32 Å². The van der Waals surface area contributed by atoms with Gasteiger partial charge in [-0.25, -0.2) is 4.79 Å². The molecule has 5 nitrogen and oxygen atoms in total. The molecule has 1 N–H and O–H groups in total. The van der Waals surface area contributed by atoms with E-state index in [-0.39, 0.29) is 18.9 Å². The molecule has 21 heavy (non-hydrogen) atoms. The SMILES string of the molecule is CCCC(=O)O[C@@](C)(CCl)NC(=O)OCc1ccccc1. The van der Waals surface area contributed by atoms with Crippen LogP contribution in [-0.2, 0) is 20.9 Å². The van der Waals surface area contributed by atoms with Crippen LogP contribution in [0.4, 0.5) is 4.79 Å². The van der Waals surface area contributed by atoms with Gasteiger partial charge in [0.05, 0.1) is 5.88 Å². The molecule has 0 aliphatic rings. The molecule has 0 unspecified atom stereocenters. The van der Waals surface area contributed by atoms with Crippen LogP contribution in [0.25, 0.3) is 0 Å². The van der Waals surface area contributed by atoms with Crippen molar-refractivity contribution in [1.82, 2.24) is 5.32 Å². The Hall–Kier alpha value is -1.75. The molecule has 0 fully saturated rings. The number of alkyl carbamates (subject to hydrolysis) is 1. The Bertz CT molecular complexity index is 466. The molecular weight excluding hydrogens is 294 g/mol. The van der Waals surface area contributed by atoms with Crippen LogP contribution in [0, 0.1) is 0 Å². The van der Waals surface area contributed by atoms with Gasteiger partial charge in [-0.2, -0.15) is 0 Å². The monoisotopic (exact) mass is 313 g/mol. The molecule has 0 aliphatic carbocycles. The summed E-state index contributed by atoms with van der Waals surface area (Å²) >= 11 is 5.77. The normalized spacial score (nSPS) is 13.1. The number of nitrogens with one attached hydrogen (secondary N) is 1. The van der Waals surface area contributed by atoms with Gasteiger partial charge in [-0.15, -0.1) is 11.6 Å². The van der Waals surface area contributed by atoms with Crippen molar-refractivity contribution in [2.75, 3.05) is 5.88 Å². The van der Waals surface area contributed by atoms with Gasteiger partial charge in [0.1, 0.15) is 6.61 Å². The molecule has 1 aromatic rings. The third-order valence-corrected chi connectivity index (χ3v) is 3.14. The summed E-state index contributed by atoms with van der Waals surface area (Å²) in [4.78, 5) is 23.3. The van der Waals surface area contributed by atoms with Crippen molar-refractivity contribution in [2.24, 2.45) is 0 Å². The molecule has 0 aliphatic heterocycles. The summed E-state index contributed by atoms with van der Waals surface area (Å²) in [5, 5.41) is 2.47. The highest BCUT2D eigenvalue weighted by atomic mass is 35.5. The van der Waals surface area contributed by atoms with Crippen molar-refractivity contribution in [3.8, 4) is 0 Å². The Balaban J connectivity index is 2.48. The summed E-state index contributed by atoms with van der Waals surface area (Å²) in [6.45, 7) is 3.52. The highest BCUT2D eigenvalue weighted by molar-refractivity contribution is 6.18. The van der Waals surface area contributed by atoms with Crippen molar-refractivity contribution >= 4 is 23.7 Å². The first-order valence-electron chi connectivity index (χ1n) is 6.76. The van der Waals surface area contributed by atoms with Crippen LogP contribution in [0.1, 0.15) is 32.3 Å². The Morgan fingerprint density at radius 1 is 1.29 bits per heavy atom. The minimum Gasteiger partial charge on any atom is -0.445 e. The summed E-state index contributed by atoms with van der Waals surface area (Å²) < 4.78 is 10.2. The molecular formula is C15H20ClNO4. The highest BCUT2D eigenvalue weighted by Crippen LogP contribution is 2.12. The lowest BCUT2D eigenvalue weighted by molar-refractivity contribution is -0.158. The Kier molecular flexibility index (Phi) is 7.02. The van der Waals surface area contributed by atoms with Gasteiger partial charge in [0.15, 0.2) is 5.72 Å². The van der Waals surface area contributed by atoms with Crippen LogP contribution < -0.4 is 5.32 Å². The molecule has 0 heterocycles. The Labute approximate surface area is 129 Å². The molecule has 116 valence electrons. The van der Waals surface area contributed by atoms with Gasteiger partial charge in [-0.3, -0.25) is 10.1 Å². The van der Waals surface area contributed by atoms with Crippen LogP contribution in [0.2, 0.25) is 0 Å². The fourth-order valence-electron chi connectivity index (χ4n) is 1.57. The lowest BCUT2D eigenvalue weighted by Gasteiger charge is -2.27. The summed E-state index contributed by atoms with van der Waals surface area (Å²) in [5.74, 6) is -0.480. The third kappa shape index (κ3) is 6.49. The predicted molar refractivity (Wildman–Crippen MR) is 79.9 cm³/mol. The first-order valence-corrected chi connectivity index (χ1v) is 7.29. The van der Waals surface area contributed by atoms with Gasteiger partial charge >= 0.3 is 12.1 Å². The van der Waals surface area contributed by atoms with Crippen LogP contribution in [0.3, 0.4) is 0 Å². The van der Waals surface area contributed by atoms with Crippen molar-refractivity contribution in [1.29, 1.82) is 0 Å². The number of rotatable bonds is 7. The molecule has 1 amide bonds. The van der Waals surface area contributed by atoms with E-state index < -0.39 is 17.8 Å². The van der Waals surface area contributed by atoms with E-state index in [4.69, 9.17) is 21.1 Å². The van der Waals surface area contributed by atoms with E-state index in [0.29, 0.717) is 6.42 Å². The summed E-state index contributed by atoms with van der Waals surface area (Å²) in [5.41, 5.74) is -0.412. The molecule has 0 aromatic heterocycles. The van der Waals surface area contributed by atoms with Crippen LogP contribution in [0.5, 0.6) is 0 Å². The zero-order valence-corrected chi connectivity index (χ0v) is 13.0. The van der Waals surface area contributed by atoms with Crippen molar-refractivity contribution in [3.05, 3.63) is 35.9 Å². The fraction of sp³-hybridized carbons (Fsp3) is 0.467. The molecule has 1 atom stereocenters. The van der Waals surface area contributed by atoms with E-state index in [0.717, 1.165) is 5.56 Å². The Morgan fingerprint density at radius 3 is 2.52 bits per heavy atom. The fourth-order valence-corrected chi connectivity index (χ4v) is 1.69. The predicted octanol–water partition coefficient (Wildman–Crippen LogP) is 3.21. The lowest BCUT2D eigenvalue weighted by Crippen LogP contribution is -2.51. The lowest BCUT2D eigenvalue weighted by atomic mass is 10.2. The van der Waals surface area contributed by atoms with Gasteiger partial charge < -0.3 is 9.47 Å². The number of hydrogen-bond acceptors (Lipinski definition) is 4. The molecule has 6 heteroatoms. The summed E-state index contributed by atoms with van der Waals surface area (Å²) in [6.07, 6.45) is 0.245. The van der Waals surface area contributed by atoms with Crippen LogP contribution in [0.15, 0.2) is 30.3 Å². The molecule has 0 spiro atoms. The van der Waals surface area contributed by atoms with Crippen LogP contribution >= 0.6 is 11.6 Å². The number of ether oxygens (including phenoxy) is 2. The van der Waals surface area contributed by atoms with E-state index in [9.17, 15) is 9.59 Å². The second kappa shape index (κ2) is 8.52. The smallest absolute Gasteiger partial charge is 0.410 e. The summed E-state index contributed by atoms with van der Waals surface area (Å²) in [7, 11) is 0. The number of carbonyl (C=O) groups excluding carboxylic acids is 2. The van der Waals surface area contributed by atoms with Gasteiger partial charge in [-0.1, -0.05) is 37.3 Å². The molecule has 1 aromatic carbocycles. The number of amides is 1. The minimum atomic E-state index is -1.28. The molecule has 0 saturated heterocycles. The minimum absolute atomic E-state index is 0.0666. The zero-order valence-electron chi connectivity index (χ0n) is 12.2. The molecule has 0 saturated carbocycles. The quantitative estimate of drug-likeness (QED) is 0.477. The van der Waals surface area contributed by atoms with E-state index in [1.165, 1.54) is 6.92 Å². The van der Waals surface area contributed by atoms with Crippen molar-refractivity contribution in [2.45, 2.75) is 39.0 Å². The van der Waals surface area contributed by atoms with Crippen molar-refractivity contribution in [3.63, 3.8) is 0 Å². The van der Waals surface area contributed by atoms with Gasteiger partial charge in [0, 0.05) is 6.42 Å². The topological polar surface area (TPSA) is 64.6 Å². The maximum absolute atomic E-state index is 11.7. The summed E-state index contributed by atoms with van der Waals surface area (Å²) in [6, 6.07) is 9.27. The largest absolute Gasteiger partial charge is 0.445 e. The first kappa shape index (κ1) is 17.3. The second-order valence-corrected chi connectivity index (χ2v) is 5.04.